The molecule has 1 aromatic rings. The molecule has 21 heavy (non-hydrogen) atoms. The molecule has 0 atom stereocenters. The summed E-state index contributed by atoms with van der Waals surface area (Å²) in [5.74, 6) is 0.192. The molecule has 0 bridgehead atoms. The summed E-state index contributed by atoms with van der Waals surface area (Å²) < 4.78 is 0. The lowest BCUT2D eigenvalue weighted by molar-refractivity contribution is -0.129. The molecule has 0 unspecified atom stereocenters. The maximum atomic E-state index is 12.0. The number of carbonyl (C=O) groups excluding carboxylic acids is 1. The Balaban J connectivity index is 0.00000400. The van der Waals surface area contributed by atoms with Crippen LogP contribution in [-0.2, 0) is 11.2 Å². The van der Waals surface area contributed by atoms with Gasteiger partial charge < -0.3 is 10.6 Å². The Morgan fingerprint density at radius 1 is 1.29 bits per heavy atom. The van der Waals surface area contributed by atoms with E-state index in [1.165, 1.54) is 0 Å². The Labute approximate surface area is 134 Å². The third-order valence-electron chi connectivity index (χ3n) is 3.49. The van der Waals surface area contributed by atoms with E-state index in [1.54, 1.807) is 0 Å². The normalized spacial score (nSPS) is 9.76. The first-order valence-electron chi connectivity index (χ1n) is 7.33. The highest BCUT2D eigenvalue weighted by Crippen LogP contribution is 2.13. The van der Waals surface area contributed by atoms with Crippen molar-refractivity contribution in [3.05, 3.63) is 42.5 Å². The van der Waals surface area contributed by atoms with Crippen LogP contribution >= 0.6 is 12.4 Å². The van der Waals surface area contributed by atoms with Gasteiger partial charge in [-0.1, -0.05) is 30.7 Å². The third kappa shape index (κ3) is 7.76. The maximum absolute atomic E-state index is 12.0. The van der Waals surface area contributed by atoms with Gasteiger partial charge in [-0.15, -0.1) is 19.0 Å². The van der Waals surface area contributed by atoms with E-state index < -0.39 is 0 Å². The molecule has 0 saturated carbocycles. The molecule has 1 amide bonds. The number of hydrogen-bond donors (Lipinski definition) is 1. The number of amides is 1. The summed E-state index contributed by atoms with van der Waals surface area (Å²) in [6.45, 7) is 4.54. The minimum atomic E-state index is 0. The smallest absolute Gasteiger partial charge is 0.222 e. The summed E-state index contributed by atoms with van der Waals surface area (Å²) >= 11 is 0. The van der Waals surface area contributed by atoms with Crippen LogP contribution in [0, 0.1) is 0 Å². The summed E-state index contributed by atoms with van der Waals surface area (Å²) in [6, 6.07) is 7.73. The largest absolute Gasteiger partial charge is 0.399 e. The van der Waals surface area contributed by atoms with E-state index >= 15 is 0 Å². The first-order valence-corrected chi connectivity index (χ1v) is 7.33. The van der Waals surface area contributed by atoms with Crippen LogP contribution in [0.2, 0.25) is 0 Å². The molecule has 0 aliphatic heterocycles. The van der Waals surface area contributed by atoms with Crippen LogP contribution in [0.4, 0.5) is 5.69 Å². The molecule has 0 saturated heterocycles. The fourth-order valence-corrected chi connectivity index (χ4v) is 2.13. The van der Waals surface area contributed by atoms with Crippen LogP contribution in [0.1, 0.15) is 37.7 Å². The molecule has 1 aromatic carbocycles. The molecule has 0 radical (unpaired) electrons. The number of carbonyl (C=O) groups is 1. The van der Waals surface area contributed by atoms with Gasteiger partial charge in [0.05, 0.1) is 0 Å². The maximum Gasteiger partial charge on any atom is 0.222 e. The number of aryl methyl sites for hydroxylation is 1. The second kappa shape index (κ2) is 11.2. The number of hydrogen-bond acceptors (Lipinski definition) is 2. The number of unbranched alkanes of at least 4 members (excludes halogenated alkanes) is 3. The molecule has 118 valence electrons. The zero-order valence-corrected chi connectivity index (χ0v) is 13.7. The van der Waals surface area contributed by atoms with E-state index in [9.17, 15) is 4.79 Å². The lowest BCUT2D eigenvalue weighted by Gasteiger charge is -2.17. The zero-order chi connectivity index (χ0) is 14.8. The number of halogens is 1. The molecule has 0 aliphatic carbocycles. The lowest BCUT2D eigenvalue weighted by Crippen LogP contribution is -2.28. The second-order valence-electron chi connectivity index (χ2n) is 5.15. The number of nitrogens with two attached hydrogens (primary N) is 1. The standard InChI is InChI=1S/C17H26N2O.ClH/c1-3-4-5-6-9-14-19(2)17(20)13-12-15-10-7-8-11-16(15)18;/h3,7-8,10-11H,1,4-6,9,12-14,18H2,2H3;1H. The Morgan fingerprint density at radius 3 is 2.67 bits per heavy atom. The van der Waals surface area contributed by atoms with Crippen LogP contribution in [0.15, 0.2) is 36.9 Å². The van der Waals surface area contributed by atoms with Crippen molar-refractivity contribution in [1.29, 1.82) is 0 Å². The number of benzene rings is 1. The molecule has 1 rings (SSSR count). The van der Waals surface area contributed by atoms with Crippen molar-refractivity contribution in [3.63, 3.8) is 0 Å². The second-order valence-corrected chi connectivity index (χ2v) is 5.15. The summed E-state index contributed by atoms with van der Waals surface area (Å²) in [4.78, 5) is 13.8. The predicted molar refractivity (Wildman–Crippen MR) is 92.7 cm³/mol. The van der Waals surface area contributed by atoms with Crippen LogP contribution in [0.25, 0.3) is 0 Å². The minimum Gasteiger partial charge on any atom is -0.399 e. The molecule has 0 aromatic heterocycles. The van der Waals surface area contributed by atoms with Crippen molar-refractivity contribution in [2.24, 2.45) is 0 Å². The molecule has 0 aliphatic rings. The summed E-state index contributed by atoms with van der Waals surface area (Å²) in [5, 5.41) is 0. The minimum absolute atomic E-state index is 0. The van der Waals surface area contributed by atoms with E-state index in [0.717, 1.165) is 43.5 Å². The highest BCUT2D eigenvalue weighted by atomic mass is 35.5. The van der Waals surface area contributed by atoms with Gasteiger partial charge in [0.25, 0.3) is 0 Å². The molecular formula is C17H27ClN2O. The van der Waals surface area contributed by atoms with E-state index in [-0.39, 0.29) is 18.3 Å². The molecular weight excluding hydrogens is 284 g/mol. The van der Waals surface area contributed by atoms with Gasteiger partial charge >= 0.3 is 0 Å². The molecule has 4 heteroatoms. The van der Waals surface area contributed by atoms with E-state index in [2.05, 4.69) is 6.58 Å². The topological polar surface area (TPSA) is 46.3 Å². The summed E-state index contributed by atoms with van der Waals surface area (Å²) in [5.41, 5.74) is 7.70. The number of nitrogen functional groups attached to an aromatic ring is 1. The Bertz CT molecular complexity index is 435. The van der Waals surface area contributed by atoms with Crippen molar-refractivity contribution in [1.82, 2.24) is 4.90 Å². The van der Waals surface area contributed by atoms with Gasteiger partial charge in [-0.2, -0.15) is 0 Å². The van der Waals surface area contributed by atoms with Gasteiger partial charge in [0.2, 0.25) is 5.91 Å². The molecule has 2 N–H and O–H groups in total. The van der Waals surface area contributed by atoms with Crippen molar-refractivity contribution in [2.45, 2.75) is 38.5 Å². The van der Waals surface area contributed by atoms with E-state index in [4.69, 9.17) is 5.73 Å². The van der Waals surface area contributed by atoms with Gasteiger partial charge in [0.15, 0.2) is 0 Å². The zero-order valence-electron chi connectivity index (χ0n) is 12.9. The van der Waals surface area contributed by atoms with Gasteiger partial charge in [0, 0.05) is 25.7 Å². The van der Waals surface area contributed by atoms with Crippen LogP contribution in [0.5, 0.6) is 0 Å². The Kier molecular flexibility index (Phi) is 10.4. The van der Waals surface area contributed by atoms with Crippen molar-refractivity contribution in [3.8, 4) is 0 Å². The summed E-state index contributed by atoms with van der Waals surface area (Å²) in [7, 11) is 1.88. The Morgan fingerprint density at radius 2 is 2.00 bits per heavy atom. The Hall–Kier alpha value is -1.48. The molecule has 3 nitrogen and oxygen atoms in total. The van der Waals surface area contributed by atoms with Gasteiger partial charge in [-0.3, -0.25) is 4.79 Å². The highest BCUT2D eigenvalue weighted by molar-refractivity contribution is 5.85. The van der Waals surface area contributed by atoms with Gasteiger partial charge in [-0.05, 0) is 37.3 Å². The monoisotopic (exact) mass is 310 g/mol. The predicted octanol–water partition coefficient (Wildman–Crippen LogP) is 3.83. The number of para-hydroxylation sites is 1. The quantitative estimate of drug-likeness (QED) is 0.428. The van der Waals surface area contributed by atoms with Crippen LogP contribution < -0.4 is 5.73 Å². The first-order chi connectivity index (χ1) is 9.65. The number of anilines is 1. The average Bonchev–Trinajstić information content (AvgIpc) is 2.45. The van der Waals surface area contributed by atoms with Crippen molar-refractivity contribution < 1.29 is 4.79 Å². The molecule has 0 heterocycles. The van der Waals surface area contributed by atoms with Gasteiger partial charge in [-0.25, -0.2) is 0 Å². The van der Waals surface area contributed by atoms with E-state index in [1.807, 2.05) is 42.3 Å². The third-order valence-corrected chi connectivity index (χ3v) is 3.49. The fraction of sp³-hybridized carbons (Fsp3) is 0.471. The van der Waals surface area contributed by atoms with Crippen molar-refractivity contribution >= 4 is 24.0 Å². The number of allylic oxidation sites excluding steroid dienone is 1. The SMILES string of the molecule is C=CCCCCCN(C)C(=O)CCc1ccccc1N.Cl. The van der Waals surface area contributed by atoms with E-state index in [0.29, 0.717) is 12.8 Å². The highest BCUT2D eigenvalue weighted by Gasteiger charge is 2.09. The van der Waals surface area contributed by atoms with Crippen LogP contribution in [-0.4, -0.2) is 24.4 Å². The molecule has 0 fully saturated rings. The lowest BCUT2D eigenvalue weighted by atomic mass is 10.1. The van der Waals surface area contributed by atoms with Crippen LogP contribution in [0.3, 0.4) is 0 Å². The average molecular weight is 311 g/mol. The first kappa shape index (κ1) is 19.5. The summed E-state index contributed by atoms with van der Waals surface area (Å²) in [6.07, 6.45) is 7.61. The molecule has 0 spiro atoms. The van der Waals surface area contributed by atoms with Crippen molar-refractivity contribution in [2.75, 3.05) is 19.3 Å². The number of rotatable bonds is 9. The fourth-order valence-electron chi connectivity index (χ4n) is 2.13. The number of nitrogens with zero attached hydrogens (tertiary/aromatic N) is 1. The van der Waals surface area contributed by atoms with Gasteiger partial charge in [0.1, 0.15) is 0 Å².